The highest BCUT2D eigenvalue weighted by Gasteiger charge is 2.27. The summed E-state index contributed by atoms with van der Waals surface area (Å²) >= 11 is 0. The number of H-pyrrole nitrogens is 1. The van der Waals surface area contributed by atoms with Crippen molar-refractivity contribution in [2.75, 3.05) is 0 Å². The fraction of sp³-hybridized carbons (Fsp3) is 0.400. The molecule has 29 heavy (non-hydrogen) atoms. The number of hydrogen-bond donors (Lipinski definition) is 1. The van der Waals surface area contributed by atoms with Crippen LogP contribution >= 0.6 is 21.4 Å². The van der Waals surface area contributed by atoms with Gasteiger partial charge in [0.15, 0.2) is 0 Å². The van der Waals surface area contributed by atoms with E-state index in [1.165, 1.54) is 12.1 Å². The lowest BCUT2D eigenvalue weighted by Gasteiger charge is -2.21. The summed E-state index contributed by atoms with van der Waals surface area (Å²) in [5, 5.41) is 1.17. The summed E-state index contributed by atoms with van der Waals surface area (Å²) in [6.07, 6.45) is 0. The zero-order chi connectivity index (χ0) is 22.2. The van der Waals surface area contributed by atoms with Crippen LogP contribution in [0.25, 0.3) is 21.8 Å². The van der Waals surface area contributed by atoms with E-state index in [2.05, 4.69) is 4.98 Å². The van der Waals surface area contributed by atoms with Crippen LogP contribution in [0.15, 0.2) is 34.1 Å². The van der Waals surface area contributed by atoms with E-state index in [4.69, 9.17) is 21.4 Å². The standard InChI is InChI=1S/C20H23Cl2NO4S2/c1-19(2,3)11-7-13-14-8-12(20(4,5)6)10-16(29(22,26)27)18(14)23-17(13)15(9-11)28(21,24)25/h7-10,23H,1-6H3. The van der Waals surface area contributed by atoms with Crippen molar-refractivity contribution in [3.8, 4) is 0 Å². The van der Waals surface area contributed by atoms with E-state index >= 15 is 0 Å². The molecule has 0 radical (unpaired) electrons. The van der Waals surface area contributed by atoms with E-state index in [0.717, 1.165) is 11.1 Å². The highest BCUT2D eigenvalue weighted by Crippen LogP contribution is 2.40. The van der Waals surface area contributed by atoms with Crippen molar-refractivity contribution >= 4 is 61.3 Å². The van der Waals surface area contributed by atoms with Crippen molar-refractivity contribution in [2.45, 2.75) is 62.2 Å². The van der Waals surface area contributed by atoms with E-state index in [9.17, 15) is 16.8 Å². The Kier molecular flexibility index (Phi) is 5.11. The van der Waals surface area contributed by atoms with Crippen molar-refractivity contribution in [2.24, 2.45) is 0 Å². The lowest BCUT2D eigenvalue weighted by molar-refractivity contribution is 0.586. The highest BCUT2D eigenvalue weighted by molar-refractivity contribution is 8.14. The summed E-state index contributed by atoms with van der Waals surface area (Å²) in [5.41, 5.74) is 1.35. The molecule has 0 saturated carbocycles. The molecule has 0 saturated heterocycles. The smallest absolute Gasteiger partial charge is 0.263 e. The molecular weight excluding hydrogens is 453 g/mol. The molecule has 0 fully saturated rings. The summed E-state index contributed by atoms with van der Waals surface area (Å²) in [6, 6.07) is 6.80. The maximum Gasteiger partial charge on any atom is 0.263 e. The minimum Gasteiger partial charge on any atom is -0.352 e. The number of fused-ring (bicyclic) bond motifs is 3. The van der Waals surface area contributed by atoms with Crippen molar-refractivity contribution < 1.29 is 16.8 Å². The third-order valence-electron chi connectivity index (χ3n) is 5.00. The molecule has 158 valence electrons. The summed E-state index contributed by atoms with van der Waals surface area (Å²) < 4.78 is 49.2. The molecule has 0 aliphatic carbocycles. The predicted octanol–water partition coefficient (Wildman–Crippen LogP) is 5.77. The monoisotopic (exact) mass is 475 g/mol. The van der Waals surface area contributed by atoms with Gasteiger partial charge >= 0.3 is 0 Å². The van der Waals surface area contributed by atoms with Crippen LogP contribution in [-0.2, 0) is 28.9 Å². The van der Waals surface area contributed by atoms with Crippen molar-refractivity contribution in [3.05, 3.63) is 35.4 Å². The first-order valence-corrected chi connectivity index (χ1v) is 13.6. The summed E-state index contributed by atoms with van der Waals surface area (Å²) in [7, 11) is 3.28. The van der Waals surface area contributed by atoms with Gasteiger partial charge in [0.2, 0.25) is 0 Å². The number of aromatic amines is 1. The number of halogens is 2. The minimum atomic E-state index is -4.09. The number of benzene rings is 2. The second-order valence-corrected chi connectivity index (χ2v) is 14.4. The van der Waals surface area contributed by atoms with Crippen LogP contribution < -0.4 is 0 Å². The first kappa shape index (κ1) is 22.4. The van der Waals surface area contributed by atoms with Gasteiger partial charge in [-0.05, 0) is 46.2 Å². The SMILES string of the molecule is CC(C)(C)c1cc(S(=O)(=O)Cl)c2[nH]c3c(S(=O)(=O)Cl)cc(C(C)(C)C)cc3c2c1. The Hall–Kier alpha value is -1.28. The van der Waals surface area contributed by atoms with E-state index in [-0.39, 0.29) is 31.7 Å². The maximum absolute atomic E-state index is 12.3. The van der Waals surface area contributed by atoms with Crippen LogP contribution in [0.5, 0.6) is 0 Å². The Bertz CT molecular complexity index is 1250. The van der Waals surface area contributed by atoms with E-state index in [0.29, 0.717) is 10.8 Å². The molecule has 0 unspecified atom stereocenters. The Morgan fingerprint density at radius 1 is 0.655 bits per heavy atom. The van der Waals surface area contributed by atoms with Gasteiger partial charge < -0.3 is 4.98 Å². The summed E-state index contributed by atoms with van der Waals surface area (Å²) in [6.45, 7) is 11.8. The molecule has 0 bridgehead atoms. The maximum atomic E-state index is 12.3. The van der Waals surface area contributed by atoms with Crippen LogP contribution in [-0.4, -0.2) is 21.8 Å². The topological polar surface area (TPSA) is 84.1 Å². The number of rotatable bonds is 2. The van der Waals surface area contributed by atoms with E-state index in [1.54, 1.807) is 0 Å². The lowest BCUT2D eigenvalue weighted by Crippen LogP contribution is -2.12. The van der Waals surface area contributed by atoms with Gasteiger partial charge in [0, 0.05) is 32.1 Å². The summed E-state index contributed by atoms with van der Waals surface area (Å²) in [4.78, 5) is 2.78. The zero-order valence-electron chi connectivity index (χ0n) is 17.0. The minimum absolute atomic E-state index is 0.0898. The van der Waals surface area contributed by atoms with Crippen LogP contribution in [0.2, 0.25) is 0 Å². The third-order valence-corrected chi connectivity index (χ3v) is 7.69. The molecule has 0 amide bonds. The van der Waals surface area contributed by atoms with Gasteiger partial charge in [-0.15, -0.1) is 0 Å². The van der Waals surface area contributed by atoms with Gasteiger partial charge in [-0.3, -0.25) is 0 Å². The lowest BCUT2D eigenvalue weighted by atomic mass is 9.85. The van der Waals surface area contributed by atoms with Crippen molar-refractivity contribution in [1.29, 1.82) is 0 Å². The average molecular weight is 476 g/mol. The van der Waals surface area contributed by atoms with Gasteiger partial charge in [0.05, 0.1) is 11.0 Å². The van der Waals surface area contributed by atoms with Gasteiger partial charge in [0.1, 0.15) is 9.79 Å². The Morgan fingerprint density at radius 3 is 1.21 bits per heavy atom. The second-order valence-electron chi connectivity index (χ2n) is 9.29. The third kappa shape index (κ3) is 4.15. The molecule has 0 aliphatic rings. The van der Waals surface area contributed by atoms with Crippen LogP contribution in [0.4, 0.5) is 0 Å². The first-order chi connectivity index (χ1) is 12.9. The normalized spacial score (nSPS) is 14.1. The van der Waals surface area contributed by atoms with Gasteiger partial charge in [-0.2, -0.15) is 0 Å². The first-order valence-electron chi connectivity index (χ1n) is 8.94. The summed E-state index contributed by atoms with van der Waals surface area (Å²) in [5.74, 6) is 0. The van der Waals surface area contributed by atoms with Crippen LogP contribution in [0.3, 0.4) is 0 Å². The zero-order valence-corrected chi connectivity index (χ0v) is 20.2. The molecule has 5 nitrogen and oxygen atoms in total. The molecule has 1 aromatic heterocycles. The highest BCUT2D eigenvalue weighted by atomic mass is 35.7. The molecule has 2 aromatic carbocycles. The Balaban J connectivity index is 2.65. The van der Waals surface area contributed by atoms with Gasteiger partial charge in [-0.25, -0.2) is 16.8 Å². The van der Waals surface area contributed by atoms with Gasteiger partial charge in [-0.1, -0.05) is 41.5 Å². The molecule has 0 aliphatic heterocycles. The largest absolute Gasteiger partial charge is 0.352 e. The Labute approximate surface area is 180 Å². The predicted molar refractivity (Wildman–Crippen MR) is 119 cm³/mol. The van der Waals surface area contributed by atoms with Crippen LogP contribution in [0, 0.1) is 0 Å². The molecule has 1 heterocycles. The number of nitrogens with one attached hydrogen (secondary N) is 1. The fourth-order valence-corrected chi connectivity index (χ4v) is 5.36. The average Bonchev–Trinajstić information content (AvgIpc) is 2.87. The molecule has 9 heteroatoms. The molecule has 0 atom stereocenters. The molecule has 0 spiro atoms. The van der Waals surface area contributed by atoms with Crippen molar-refractivity contribution in [3.63, 3.8) is 0 Å². The van der Waals surface area contributed by atoms with Crippen LogP contribution in [0.1, 0.15) is 52.7 Å². The fourth-order valence-electron chi connectivity index (χ4n) is 3.29. The van der Waals surface area contributed by atoms with Crippen molar-refractivity contribution in [1.82, 2.24) is 4.98 Å². The van der Waals surface area contributed by atoms with E-state index in [1.807, 2.05) is 53.7 Å². The van der Waals surface area contributed by atoms with E-state index < -0.39 is 18.1 Å². The molecule has 3 aromatic rings. The molecular formula is C20H23Cl2NO4S2. The molecule has 1 N–H and O–H groups in total. The quantitative estimate of drug-likeness (QED) is 0.476. The molecule has 3 rings (SSSR count). The number of aromatic nitrogens is 1. The van der Waals surface area contributed by atoms with Gasteiger partial charge in [0.25, 0.3) is 18.1 Å². The Morgan fingerprint density at radius 2 is 0.966 bits per heavy atom. The number of hydrogen-bond acceptors (Lipinski definition) is 4. The second kappa shape index (κ2) is 6.61.